The Bertz CT molecular complexity index is 1610. The molecule has 1 aromatic rings. The monoisotopic (exact) mass is 690 g/mol. The van der Waals surface area contributed by atoms with E-state index in [0.29, 0.717) is 34.5 Å². The molecular formula is C42H58O6S. The lowest BCUT2D eigenvalue weighted by Gasteiger charge is -2.72. The highest BCUT2D eigenvalue weighted by atomic mass is 32.1. The van der Waals surface area contributed by atoms with E-state index in [9.17, 15) is 24.6 Å². The van der Waals surface area contributed by atoms with Gasteiger partial charge >= 0.3 is 17.9 Å². The van der Waals surface area contributed by atoms with E-state index in [1.165, 1.54) is 29.8 Å². The second-order valence-corrected chi connectivity index (χ2v) is 19.8. The lowest BCUT2D eigenvalue weighted by atomic mass is 9.32. The van der Waals surface area contributed by atoms with E-state index in [2.05, 4.69) is 60.0 Å². The summed E-state index contributed by atoms with van der Waals surface area (Å²) in [6, 6.07) is 3.54. The number of carboxylic acids is 2. The van der Waals surface area contributed by atoms with Crippen LogP contribution in [0.25, 0.3) is 0 Å². The van der Waals surface area contributed by atoms with Gasteiger partial charge in [-0.25, -0.2) is 4.79 Å². The lowest BCUT2D eigenvalue weighted by molar-refractivity contribution is -0.247. The first-order chi connectivity index (χ1) is 22.7. The smallest absolute Gasteiger partial charge is 0.345 e. The number of ether oxygens (including phenoxy) is 1. The summed E-state index contributed by atoms with van der Waals surface area (Å²) in [7, 11) is 0. The predicted octanol–water partition coefficient (Wildman–Crippen LogP) is 9.87. The van der Waals surface area contributed by atoms with Gasteiger partial charge in [0.2, 0.25) is 0 Å². The Balaban J connectivity index is 1.28. The summed E-state index contributed by atoms with van der Waals surface area (Å²) in [6.45, 7) is 22.3. The maximum absolute atomic E-state index is 13.1. The zero-order valence-electron chi connectivity index (χ0n) is 31.0. The Hall–Kier alpha value is -2.59. The van der Waals surface area contributed by atoms with Gasteiger partial charge in [-0.1, -0.05) is 58.6 Å². The first-order valence-electron chi connectivity index (χ1n) is 18.7. The minimum Gasteiger partial charge on any atom is -0.481 e. The van der Waals surface area contributed by atoms with Crippen molar-refractivity contribution in [3.63, 3.8) is 0 Å². The molecule has 0 bridgehead atoms. The average Bonchev–Trinajstić information content (AvgIpc) is 3.64. The second kappa shape index (κ2) is 12.0. The number of aromatic carboxylic acids is 1. The number of aliphatic carboxylic acids is 1. The molecule has 5 saturated carbocycles. The first-order valence-corrected chi connectivity index (χ1v) is 19.5. The summed E-state index contributed by atoms with van der Waals surface area (Å²) in [5.41, 5.74) is 0.351. The first kappa shape index (κ1) is 36.2. The summed E-state index contributed by atoms with van der Waals surface area (Å²) in [5, 5.41) is 19.1. The van der Waals surface area contributed by atoms with Crippen molar-refractivity contribution in [1.82, 2.24) is 0 Å². The molecule has 10 atom stereocenters. The minimum absolute atomic E-state index is 0.0649. The molecule has 49 heavy (non-hydrogen) atoms. The fraction of sp³-hybridized carbons (Fsp3) is 0.738. The fourth-order valence-corrected chi connectivity index (χ4v) is 13.6. The molecule has 6 nitrogen and oxygen atoms in total. The molecule has 0 saturated heterocycles. The lowest BCUT2D eigenvalue weighted by Crippen LogP contribution is -2.66. The summed E-state index contributed by atoms with van der Waals surface area (Å²) < 4.78 is 6.16. The molecule has 0 radical (unpaired) electrons. The van der Waals surface area contributed by atoms with Gasteiger partial charge in [-0.2, -0.15) is 0 Å². The van der Waals surface area contributed by atoms with Gasteiger partial charge in [0.05, 0.1) is 16.7 Å². The molecule has 5 fully saturated rings. The third-order valence-corrected chi connectivity index (χ3v) is 16.7. The SMILES string of the molecule is C=C(C)[C@H]1CC[C@]2(C#Cc3ccc(C(=O)O)s3)CC[C@]3(C)C(CCC4[C@@]5(C)CC[C@H](OC(=O)CC(C)(C)C(=O)O)C(C)(C)C5CC[C@]43C)C12. The highest BCUT2D eigenvalue weighted by molar-refractivity contribution is 7.14. The van der Waals surface area contributed by atoms with Gasteiger partial charge in [0, 0.05) is 10.8 Å². The van der Waals surface area contributed by atoms with Crippen LogP contribution in [0.5, 0.6) is 0 Å². The van der Waals surface area contributed by atoms with Gasteiger partial charge in [-0.3, -0.25) is 9.59 Å². The largest absolute Gasteiger partial charge is 0.481 e. The third-order valence-electron chi connectivity index (χ3n) is 15.7. The summed E-state index contributed by atoms with van der Waals surface area (Å²) >= 11 is 1.28. The predicted molar refractivity (Wildman–Crippen MR) is 193 cm³/mol. The number of allylic oxidation sites excluding steroid dienone is 1. The Kier molecular flexibility index (Phi) is 8.86. The van der Waals surface area contributed by atoms with Crippen molar-refractivity contribution in [3.8, 4) is 11.8 Å². The van der Waals surface area contributed by atoms with Crippen molar-refractivity contribution in [3.05, 3.63) is 34.0 Å². The molecule has 0 amide bonds. The van der Waals surface area contributed by atoms with E-state index < -0.39 is 23.3 Å². The number of hydrogen-bond acceptors (Lipinski definition) is 5. The summed E-state index contributed by atoms with van der Waals surface area (Å²) in [5.74, 6) is 7.52. The summed E-state index contributed by atoms with van der Waals surface area (Å²) in [4.78, 5) is 37.5. The fourth-order valence-electron chi connectivity index (χ4n) is 12.9. The van der Waals surface area contributed by atoms with Gasteiger partial charge in [0.1, 0.15) is 11.0 Å². The Morgan fingerprint density at radius 2 is 1.63 bits per heavy atom. The van der Waals surface area contributed by atoms with Crippen LogP contribution in [-0.4, -0.2) is 34.2 Å². The van der Waals surface area contributed by atoms with Crippen molar-refractivity contribution in [2.45, 2.75) is 132 Å². The molecule has 268 valence electrons. The topological polar surface area (TPSA) is 101 Å². The second-order valence-electron chi connectivity index (χ2n) is 18.8. The van der Waals surface area contributed by atoms with E-state index >= 15 is 0 Å². The third kappa shape index (κ3) is 5.53. The number of fused-ring (bicyclic) bond motifs is 7. The van der Waals surface area contributed by atoms with Crippen molar-refractivity contribution in [1.29, 1.82) is 0 Å². The van der Waals surface area contributed by atoms with Crippen molar-refractivity contribution in [2.75, 3.05) is 0 Å². The molecule has 2 N–H and O–H groups in total. The van der Waals surface area contributed by atoms with Crippen molar-refractivity contribution >= 4 is 29.2 Å². The Morgan fingerprint density at radius 1 is 0.918 bits per heavy atom. The Morgan fingerprint density at radius 3 is 2.27 bits per heavy atom. The number of esters is 1. The van der Waals surface area contributed by atoms with Crippen LogP contribution in [-0.2, 0) is 14.3 Å². The quantitative estimate of drug-likeness (QED) is 0.175. The zero-order valence-corrected chi connectivity index (χ0v) is 31.9. The molecule has 4 unspecified atom stereocenters. The van der Waals surface area contributed by atoms with E-state index in [1.807, 2.05) is 6.07 Å². The normalized spacial score (nSPS) is 40.7. The minimum atomic E-state index is -1.15. The van der Waals surface area contributed by atoms with Gasteiger partial charge < -0.3 is 14.9 Å². The van der Waals surface area contributed by atoms with E-state index in [4.69, 9.17) is 4.74 Å². The van der Waals surface area contributed by atoms with Crippen LogP contribution in [0.4, 0.5) is 0 Å². The standard InChI is InChI=1S/C42H58O6S/c1-25(2)27-15-21-42(20-14-26-10-12-29(49-26)35(44)45)23-22-40(8)28(34(27)42)11-13-31-39(7)18-17-32(48-33(43)24-37(3,4)36(46)47)38(5,6)30(39)16-19-41(31,40)9/h10,12,27-28,30-32,34H,1,11,13,15-19,21-24H2,2-9H3,(H,44,45)(H,46,47)/t27-,28?,30?,31?,32+,34?,39+,40-,41-,42-/m1/s1. The number of carbonyl (C=O) groups excluding carboxylic acids is 1. The molecule has 5 aliphatic carbocycles. The van der Waals surface area contributed by atoms with E-state index in [1.54, 1.807) is 19.9 Å². The van der Waals surface area contributed by atoms with Crippen LogP contribution in [0.15, 0.2) is 24.3 Å². The Labute approximate surface area is 297 Å². The van der Waals surface area contributed by atoms with Crippen LogP contribution < -0.4 is 0 Å². The highest BCUT2D eigenvalue weighted by Crippen LogP contribution is 2.77. The van der Waals surface area contributed by atoms with Crippen LogP contribution in [0.1, 0.15) is 141 Å². The number of hydrogen-bond donors (Lipinski definition) is 2. The van der Waals surface area contributed by atoms with Crippen LogP contribution in [0, 0.1) is 73.9 Å². The van der Waals surface area contributed by atoms with Crippen molar-refractivity contribution in [2.24, 2.45) is 62.1 Å². The highest BCUT2D eigenvalue weighted by Gasteiger charge is 2.71. The molecule has 0 aliphatic heterocycles. The maximum Gasteiger partial charge on any atom is 0.345 e. The summed E-state index contributed by atoms with van der Waals surface area (Å²) in [6.07, 6.45) is 10.6. The molecule has 7 heteroatoms. The van der Waals surface area contributed by atoms with Gasteiger partial charge in [0.15, 0.2) is 0 Å². The van der Waals surface area contributed by atoms with Gasteiger partial charge in [-0.15, -0.1) is 11.3 Å². The van der Waals surface area contributed by atoms with Crippen LogP contribution in [0.2, 0.25) is 0 Å². The molecule has 6 rings (SSSR count). The van der Waals surface area contributed by atoms with Gasteiger partial charge in [0.25, 0.3) is 0 Å². The average molecular weight is 691 g/mol. The van der Waals surface area contributed by atoms with Gasteiger partial charge in [-0.05, 0) is 143 Å². The molecule has 5 aliphatic rings. The molecule has 1 heterocycles. The van der Waals surface area contributed by atoms with E-state index in [-0.39, 0.29) is 39.6 Å². The number of carboxylic acid groups (broad SMARTS) is 2. The van der Waals surface area contributed by atoms with Crippen LogP contribution >= 0.6 is 11.3 Å². The number of carbonyl (C=O) groups is 3. The molecule has 0 aromatic carbocycles. The van der Waals surface area contributed by atoms with Crippen molar-refractivity contribution < 1.29 is 29.3 Å². The maximum atomic E-state index is 13.1. The molecule has 1 aromatic heterocycles. The zero-order chi connectivity index (χ0) is 35.9. The van der Waals surface area contributed by atoms with Crippen LogP contribution in [0.3, 0.4) is 0 Å². The number of rotatable bonds is 6. The number of thiophene rings is 1. The van der Waals surface area contributed by atoms with E-state index in [0.717, 1.165) is 56.2 Å². The molecule has 0 spiro atoms. The molecular weight excluding hydrogens is 633 g/mol.